The van der Waals surface area contributed by atoms with Gasteiger partial charge in [-0.3, -0.25) is 14.4 Å². The first-order chi connectivity index (χ1) is 12.9. The van der Waals surface area contributed by atoms with E-state index >= 15 is 0 Å². The van der Waals surface area contributed by atoms with E-state index in [1.54, 1.807) is 29.2 Å². The van der Waals surface area contributed by atoms with Gasteiger partial charge >= 0.3 is 5.97 Å². The Balaban J connectivity index is 1.76. The normalized spacial score (nSPS) is 14.9. The lowest BCUT2D eigenvalue weighted by Crippen LogP contribution is -2.41. The maximum absolute atomic E-state index is 12.5. The van der Waals surface area contributed by atoms with E-state index in [0.717, 1.165) is 12.8 Å². The van der Waals surface area contributed by atoms with Gasteiger partial charge in [0.15, 0.2) is 6.61 Å². The summed E-state index contributed by atoms with van der Waals surface area (Å²) >= 11 is 5.85. The second-order valence-electron chi connectivity index (χ2n) is 6.76. The van der Waals surface area contributed by atoms with E-state index in [4.69, 9.17) is 16.3 Å². The molecule has 148 valence electrons. The van der Waals surface area contributed by atoms with Gasteiger partial charge in [0.2, 0.25) is 0 Å². The van der Waals surface area contributed by atoms with Crippen molar-refractivity contribution in [3.8, 4) is 0 Å². The first-order valence-corrected chi connectivity index (χ1v) is 9.83. The molecule has 0 unspecified atom stereocenters. The maximum Gasteiger partial charge on any atom is 0.309 e. The summed E-state index contributed by atoms with van der Waals surface area (Å²) in [7, 11) is 0. The highest BCUT2D eigenvalue weighted by molar-refractivity contribution is 6.30. The van der Waals surface area contributed by atoms with Crippen LogP contribution in [0.4, 0.5) is 0 Å². The lowest BCUT2D eigenvalue weighted by atomic mass is 9.96. The Kier molecular flexibility index (Phi) is 8.10. The Hall–Kier alpha value is -2.08. The van der Waals surface area contributed by atoms with Gasteiger partial charge in [0.1, 0.15) is 0 Å². The van der Waals surface area contributed by atoms with Crippen LogP contribution in [-0.2, 0) is 14.3 Å². The van der Waals surface area contributed by atoms with Crippen LogP contribution in [0.1, 0.15) is 49.9 Å². The van der Waals surface area contributed by atoms with Crippen molar-refractivity contribution >= 4 is 29.4 Å². The highest BCUT2D eigenvalue weighted by Crippen LogP contribution is 2.21. The average Bonchev–Trinajstić information content (AvgIpc) is 2.70. The number of benzene rings is 1. The molecule has 1 heterocycles. The van der Waals surface area contributed by atoms with Gasteiger partial charge in [0.25, 0.3) is 11.8 Å². The van der Waals surface area contributed by atoms with Crippen molar-refractivity contribution in [2.24, 2.45) is 5.92 Å². The highest BCUT2D eigenvalue weighted by atomic mass is 35.5. The molecule has 1 fully saturated rings. The number of hydrogen-bond acceptors (Lipinski definition) is 4. The number of hydrogen-bond donors (Lipinski definition) is 1. The summed E-state index contributed by atoms with van der Waals surface area (Å²) in [6, 6.07) is 6.88. The quantitative estimate of drug-likeness (QED) is 0.721. The van der Waals surface area contributed by atoms with Crippen molar-refractivity contribution in [3.63, 3.8) is 0 Å². The van der Waals surface area contributed by atoms with Gasteiger partial charge in [-0.05, 0) is 49.9 Å². The lowest BCUT2D eigenvalue weighted by molar-refractivity contribution is -0.154. The Bertz CT molecular complexity index is 650. The number of piperidine rings is 1. The third-order valence-corrected chi connectivity index (χ3v) is 5.15. The van der Waals surface area contributed by atoms with Crippen LogP contribution in [0.2, 0.25) is 5.02 Å². The minimum atomic E-state index is -0.367. The first-order valence-electron chi connectivity index (χ1n) is 9.45. The summed E-state index contributed by atoms with van der Waals surface area (Å²) < 4.78 is 5.16. The summed E-state index contributed by atoms with van der Waals surface area (Å²) in [6.07, 6.45) is 2.76. The van der Waals surface area contributed by atoms with Crippen LogP contribution in [0.15, 0.2) is 24.3 Å². The van der Waals surface area contributed by atoms with Crippen LogP contribution in [0.25, 0.3) is 0 Å². The number of esters is 1. The van der Waals surface area contributed by atoms with Crippen LogP contribution in [0.5, 0.6) is 0 Å². The first kappa shape index (κ1) is 21.2. The Morgan fingerprint density at radius 3 is 2.30 bits per heavy atom. The minimum Gasteiger partial charge on any atom is -0.455 e. The van der Waals surface area contributed by atoms with E-state index < -0.39 is 0 Å². The molecule has 27 heavy (non-hydrogen) atoms. The van der Waals surface area contributed by atoms with Crippen LogP contribution in [-0.4, -0.2) is 48.4 Å². The lowest BCUT2D eigenvalue weighted by Gasteiger charge is -2.31. The second kappa shape index (κ2) is 10.3. The zero-order chi connectivity index (χ0) is 19.8. The molecule has 0 aromatic heterocycles. The standard InChI is InChI=1S/C20H27ClN2O4/c1-3-17(4-2)22-18(24)13-27-20(26)15-9-11-23(12-10-15)19(25)14-5-7-16(21)8-6-14/h5-8,15,17H,3-4,9-13H2,1-2H3,(H,22,24). The molecule has 1 aromatic rings. The van der Waals surface area contributed by atoms with E-state index in [-0.39, 0.29) is 36.4 Å². The predicted octanol–water partition coefficient (Wildman–Crippen LogP) is 3.04. The van der Waals surface area contributed by atoms with Crippen molar-refractivity contribution in [2.75, 3.05) is 19.7 Å². The molecule has 1 saturated heterocycles. The largest absolute Gasteiger partial charge is 0.455 e. The van der Waals surface area contributed by atoms with E-state index in [0.29, 0.717) is 36.5 Å². The van der Waals surface area contributed by atoms with Crippen LogP contribution < -0.4 is 5.32 Å². The number of carbonyl (C=O) groups excluding carboxylic acids is 3. The molecule has 1 aliphatic heterocycles. The fraction of sp³-hybridized carbons (Fsp3) is 0.550. The zero-order valence-corrected chi connectivity index (χ0v) is 16.6. The fourth-order valence-corrected chi connectivity index (χ4v) is 3.24. The molecule has 1 N–H and O–H groups in total. The molecular weight excluding hydrogens is 368 g/mol. The topological polar surface area (TPSA) is 75.7 Å². The highest BCUT2D eigenvalue weighted by Gasteiger charge is 2.29. The molecule has 0 spiro atoms. The third kappa shape index (κ3) is 6.24. The van der Waals surface area contributed by atoms with Crippen molar-refractivity contribution in [2.45, 2.75) is 45.6 Å². The second-order valence-corrected chi connectivity index (χ2v) is 7.20. The van der Waals surface area contributed by atoms with Gasteiger partial charge in [0.05, 0.1) is 5.92 Å². The third-order valence-electron chi connectivity index (χ3n) is 4.90. The van der Waals surface area contributed by atoms with E-state index in [9.17, 15) is 14.4 Å². The number of rotatable bonds is 7. The van der Waals surface area contributed by atoms with E-state index in [1.165, 1.54) is 0 Å². The Labute approximate surface area is 165 Å². The summed E-state index contributed by atoms with van der Waals surface area (Å²) in [5.74, 6) is -0.982. The van der Waals surface area contributed by atoms with Gasteiger partial charge < -0.3 is 15.0 Å². The van der Waals surface area contributed by atoms with Crippen LogP contribution in [0.3, 0.4) is 0 Å². The Morgan fingerprint density at radius 1 is 1.15 bits per heavy atom. The molecule has 0 atom stereocenters. The van der Waals surface area contributed by atoms with Crippen LogP contribution >= 0.6 is 11.6 Å². The van der Waals surface area contributed by atoms with Crippen molar-refractivity contribution < 1.29 is 19.1 Å². The summed E-state index contributed by atoms with van der Waals surface area (Å²) in [6.45, 7) is 4.72. The van der Waals surface area contributed by atoms with Gasteiger partial charge in [-0.2, -0.15) is 0 Å². The number of amides is 2. The van der Waals surface area contributed by atoms with Gasteiger partial charge in [-0.15, -0.1) is 0 Å². The summed E-state index contributed by atoms with van der Waals surface area (Å²) in [4.78, 5) is 38.2. The molecule has 0 aliphatic carbocycles. The van der Waals surface area contributed by atoms with Gasteiger partial charge in [0, 0.05) is 29.7 Å². The molecule has 2 amide bonds. The average molecular weight is 395 g/mol. The molecular formula is C20H27ClN2O4. The smallest absolute Gasteiger partial charge is 0.309 e. The SMILES string of the molecule is CCC(CC)NC(=O)COC(=O)C1CCN(C(=O)c2ccc(Cl)cc2)CC1. The van der Waals surface area contributed by atoms with Gasteiger partial charge in [-0.25, -0.2) is 0 Å². The predicted molar refractivity (Wildman–Crippen MR) is 104 cm³/mol. The fourth-order valence-electron chi connectivity index (χ4n) is 3.11. The van der Waals surface area contributed by atoms with E-state index in [2.05, 4.69) is 5.32 Å². The molecule has 0 bridgehead atoms. The monoisotopic (exact) mass is 394 g/mol. The number of likely N-dealkylation sites (tertiary alicyclic amines) is 1. The van der Waals surface area contributed by atoms with Crippen molar-refractivity contribution in [3.05, 3.63) is 34.9 Å². The zero-order valence-electron chi connectivity index (χ0n) is 15.9. The molecule has 6 nitrogen and oxygen atoms in total. The maximum atomic E-state index is 12.5. The van der Waals surface area contributed by atoms with Crippen LogP contribution in [0, 0.1) is 5.92 Å². The van der Waals surface area contributed by atoms with E-state index in [1.807, 2.05) is 13.8 Å². The number of nitrogens with zero attached hydrogens (tertiary/aromatic N) is 1. The Morgan fingerprint density at radius 2 is 1.74 bits per heavy atom. The molecule has 1 aliphatic rings. The molecule has 0 radical (unpaired) electrons. The van der Waals surface area contributed by atoms with Gasteiger partial charge in [-0.1, -0.05) is 25.4 Å². The number of halogens is 1. The molecule has 0 saturated carbocycles. The minimum absolute atomic E-state index is 0.0666. The summed E-state index contributed by atoms with van der Waals surface area (Å²) in [5, 5.41) is 3.42. The number of ether oxygens (including phenoxy) is 1. The molecule has 2 rings (SSSR count). The summed E-state index contributed by atoms with van der Waals surface area (Å²) in [5.41, 5.74) is 0.582. The van der Waals surface area contributed by atoms with Crippen molar-refractivity contribution in [1.82, 2.24) is 10.2 Å². The number of nitrogens with one attached hydrogen (secondary N) is 1. The molecule has 7 heteroatoms. The number of carbonyl (C=O) groups is 3. The van der Waals surface area contributed by atoms with Crippen molar-refractivity contribution in [1.29, 1.82) is 0 Å². The molecule has 1 aromatic carbocycles.